The van der Waals surface area contributed by atoms with Gasteiger partial charge in [-0.05, 0) is 0 Å². The Hall–Kier alpha value is -3.18. The Kier molecular flexibility index (Phi) is 13.8. The fourth-order valence-corrected chi connectivity index (χ4v) is 1.70. The largest absolute Gasteiger partial charge is 0.506 e. The van der Waals surface area contributed by atoms with Crippen molar-refractivity contribution in [2.45, 2.75) is 36.9 Å². The minimum Gasteiger partial charge on any atom is -0.481 e. The Morgan fingerprint density at radius 3 is 1.03 bits per heavy atom. The van der Waals surface area contributed by atoms with Gasteiger partial charge in [0.1, 0.15) is 0 Å². The van der Waals surface area contributed by atoms with E-state index in [1.807, 2.05) is 0 Å². The van der Waals surface area contributed by atoms with Crippen molar-refractivity contribution in [3.05, 3.63) is 0 Å². The van der Waals surface area contributed by atoms with Crippen LogP contribution in [0.5, 0.6) is 0 Å². The van der Waals surface area contributed by atoms with Crippen molar-refractivity contribution < 1.29 is 79.2 Å². The Labute approximate surface area is 181 Å². The Balaban J connectivity index is -0.000000480. The zero-order valence-electron chi connectivity index (χ0n) is 14.2. The molecule has 0 atom stereocenters. The van der Waals surface area contributed by atoms with Gasteiger partial charge in [0.15, 0.2) is 5.60 Å². The zero-order valence-corrected chi connectivity index (χ0v) is 14.2. The number of carboxylic acid groups (broad SMARTS) is 7. The van der Waals surface area contributed by atoms with Gasteiger partial charge in [-0.25, -0.2) is 14.4 Å². The number of ether oxygens (including phenoxy) is 1. The summed E-state index contributed by atoms with van der Waals surface area (Å²) in [5.41, 5.74) is -5.55. The molecule has 0 spiro atoms. The predicted octanol–water partition coefficient (Wildman–Crippen LogP) is -2.71. The van der Waals surface area contributed by atoms with Crippen molar-refractivity contribution in [3.8, 4) is 0 Å². The molecule has 0 bridgehead atoms. The van der Waals surface area contributed by atoms with Gasteiger partial charge in [0.25, 0.3) is 0 Å². The van der Waals surface area contributed by atoms with Gasteiger partial charge in [-0.3, -0.25) is 19.2 Å². The summed E-state index contributed by atoms with van der Waals surface area (Å²) in [5.74, 6) is -10.4. The maximum atomic E-state index is 10.7. The Morgan fingerprint density at radius 2 is 0.867 bits per heavy atom. The van der Waals surface area contributed by atoms with Crippen LogP contribution in [0.15, 0.2) is 0 Å². The van der Waals surface area contributed by atoms with Crippen molar-refractivity contribution in [2.75, 3.05) is 0 Å². The smallest absolute Gasteiger partial charge is 0.481 e. The molecule has 16 nitrogen and oxygen atoms in total. The van der Waals surface area contributed by atoms with Gasteiger partial charge in [0, 0.05) is 0 Å². The first-order chi connectivity index (χ1) is 13.0. The molecular formula is C13H18MgO16. The fourth-order valence-electron chi connectivity index (χ4n) is 1.70. The molecule has 0 heterocycles. The van der Waals surface area contributed by atoms with E-state index in [9.17, 15) is 33.6 Å². The standard InChI is InChI=1S/C7H8O9.C6H8O7.Mg.2H/c8-3(9)1-7(5(12)13,2-4(10)11)16-6(14)15;7-3(8)1-6(13,5(11)12)2-4(9)10;;;/h1-2H2,(H,8,9)(H,10,11)(H,12,13)(H,14,15);13H,1-2H2,(H,7,8)(H,9,10)(H,11,12);;;. The topological polar surface area (TPSA) is 291 Å². The number of carbonyl (C=O) groups is 7. The third-order valence-electron chi connectivity index (χ3n) is 2.83. The highest BCUT2D eigenvalue weighted by molar-refractivity contribution is 5.90. The summed E-state index contributed by atoms with van der Waals surface area (Å²) in [6.45, 7) is 0. The lowest BCUT2D eigenvalue weighted by Gasteiger charge is -2.24. The van der Waals surface area contributed by atoms with E-state index < -0.39 is 78.9 Å². The van der Waals surface area contributed by atoms with Crippen LogP contribution < -0.4 is 0 Å². The second-order valence-corrected chi connectivity index (χ2v) is 5.29. The molecule has 0 aliphatic carbocycles. The van der Waals surface area contributed by atoms with Crippen LogP contribution in [0.4, 0.5) is 4.79 Å². The zero-order chi connectivity index (χ0) is 23.6. The van der Waals surface area contributed by atoms with Crippen molar-refractivity contribution in [3.63, 3.8) is 0 Å². The van der Waals surface area contributed by atoms with Gasteiger partial charge in [0.05, 0.1) is 25.7 Å². The Morgan fingerprint density at radius 1 is 0.567 bits per heavy atom. The van der Waals surface area contributed by atoms with Gasteiger partial charge in [-0.15, -0.1) is 0 Å². The van der Waals surface area contributed by atoms with Crippen LogP contribution in [0.25, 0.3) is 0 Å². The van der Waals surface area contributed by atoms with Crippen molar-refractivity contribution in [1.82, 2.24) is 0 Å². The maximum Gasteiger partial charge on any atom is 0.506 e. The van der Waals surface area contributed by atoms with E-state index >= 15 is 0 Å². The molecule has 0 radical (unpaired) electrons. The summed E-state index contributed by atoms with van der Waals surface area (Å²) >= 11 is 0. The number of hydrogen-bond donors (Lipinski definition) is 8. The van der Waals surface area contributed by atoms with Crippen LogP contribution in [-0.2, 0) is 33.5 Å². The summed E-state index contributed by atoms with van der Waals surface area (Å²) in [6.07, 6.45) is -6.91. The first-order valence-corrected chi connectivity index (χ1v) is 6.95. The first kappa shape index (κ1) is 31.5. The molecule has 0 aromatic heterocycles. The van der Waals surface area contributed by atoms with E-state index in [-0.39, 0.29) is 23.1 Å². The summed E-state index contributed by atoms with van der Waals surface area (Å²) in [7, 11) is 0. The molecular weight excluding hydrogens is 436 g/mol. The summed E-state index contributed by atoms with van der Waals surface area (Å²) < 4.78 is 3.88. The van der Waals surface area contributed by atoms with E-state index in [0.717, 1.165) is 0 Å². The van der Waals surface area contributed by atoms with E-state index in [2.05, 4.69) is 4.74 Å². The normalized spacial score (nSPS) is 10.3. The molecule has 0 rings (SSSR count). The SMILES string of the molecule is O=C(O)CC(CC(=O)O)(OC(=O)O)C(=O)O.O=C(O)CC(O)(CC(=O)O)C(=O)O.[MgH2]. The first-order valence-electron chi connectivity index (χ1n) is 6.95. The maximum absolute atomic E-state index is 10.7. The quantitative estimate of drug-likeness (QED) is 0.116. The molecule has 30 heavy (non-hydrogen) atoms. The molecule has 0 saturated carbocycles. The molecule has 0 saturated heterocycles. The minimum atomic E-state index is -2.82. The van der Waals surface area contributed by atoms with Crippen molar-refractivity contribution in [1.29, 1.82) is 0 Å². The molecule has 0 aliphatic rings. The molecule has 0 aromatic rings. The number of rotatable bonds is 11. The van der Waals surface area contributed by atoms with Crippen LogP contribution in [0.3, 0.4) is 0 Å². The predicted molar refractivity (Wildman–Crippen MR) is 89.6 cm³/mol. The molecule has 0 unspecified atom stereocenters. The number of aliphatic carboxylic acids is 6. The minimum absolute atomic E-state index is 0. The number of hydrogen-bond acceptors (Lipinski definition) is 9. The Bertz CT molecular complexity index is 640. The van der Waals surface area contributed by atoms with Crippen LogP contribution in [-0.4, -0.2) is 117 Å². The monoisotopic (exact) mass is 454 g/mol. The van der Waals surface area contributed by atoms with E-state index in [1.165, 1.54) is 0 Å². The molecule has 168 valence electrons. The summed E-state index contributed by atoms with van der Waals surface area (Å²) in [4.78, 5) is 72.1. The fraction of sp³-hybridized carbons (Fsp3) is 0.462. The number of carboxylic acids is 6. The lowest BCUT2D eigenvalue weighted by Crippen LogP contribution is -2.46. The van der Waals surface area contributed by atoms with Gasteiger partial charge >= 0.3 is 65.0 Å². The van der Waals surface area contributed by atoms with Crippen LogP contribution in [0.1, 0.15) is 25.7 Å². The molecule has 0 fully saturated rings. The van der Waals surface area contributed by atoms with Crippen LogP contribution in [0, 0.1) is 0 Å². The third-order valence-corrected chi connectivity index (χ3v) is 2.83. The second kappa shape index (κ2) is 13.1. The van der Waals surface area contributed by atoms with E-state index in [4.69, 9.17) is 40.9 Å². The molecule has 0 aliphatic heterocycles. The van der Waals surface area contributed by atoms with Gasteiger partial charge in [0.2, 0.25) is 5.60 Å². The highest BCUT2D eigenvalue weighted by Gasteiger charge is 2.47. The average Bonchev–Trinajstić information content (AvgIpc) is 2.43. The van der Waals surface area contributed by atoms with Gasteiger partial charge in [-0.2, -0.15) is 0 Å². The lowest BCUT2D eigenvalue weighted by molar-refractivity contribution is -0.172. The summed E-state index contributed by atoms with van der Waals surface area (Å²) in [5, 5.41) is 67.5. The highest BCUT2D eigenvalue weighted by Crippen LogP contribution is 2.22. The second-order valence-electron chi connectivity index (χ2n) is 5.29. The molecule has 0 amide bonds. The molecule has 0 aromatic carbocycles. The average molecular weight is 455 g/mol. The highest BCUT2D eigenvalue weighted by atomic mass is 24.3. The lowest BCUT2D eigenvalue weighted by atomic mass is 9.95. The van der Waals surface area contributed by atoms with Crippen LogP contribution in [0.2, 0.25) is 0 Å². The van der Waals surface area contributed by atoms with Gasteiger partial charge < -0.3 is 45.6 Å². The number of aliphatic hydroxyl groups is 1. The van der Waals surface area contributed by atoms with E-state index in [1.54, 1.807) is 0 Å². The van der Waals surface area contributed by atoms with E-state index in [0.29, 0.717) is 0 Å². The van der Waals surface area contributed by atoms with Gasteiger partial charge in [-0.1, -0.05) is 0 Å². The van der Waals surface area contributed by atoms with Crippen molar-refractivity contribution >= 4 is 65.0 Å². The third kappa shape index (κ3) is 12.3. The molecule has 8 N–H and O–H groups in total. The van der Waals surface area contributed by atoms with Crippen molar-refractivity contribution in [2.24, 2.45) is 0 Å². The molecule has 17 heteroatoms. The summed E-state index contributed by atoms with van der Waals surface area (Å²) in [6, 6.07) is 0. The van der Waals surface area contributed by atoms with Crippen LogP contribution >= 0.6 is 0 Å².